The molecule has 170 valence electrons. The van der Waals surface area contributed by atoms with E-state index in [1.807, 2.05) is 19.1 Å². The van der Waals surface area contributed by atoms with Crippen LogP contribution in [0.15, 0.2) is 53.5 Å². The van der Waals surface area contributed by atoms with Crippen LogP contribution in [0, 0.1) is 5.82 Å². The zero-order valence-electron chi connectivity index (χ0n) is 18.1. The molecule has 8 heteroatoms. The number of rotatable bonds is 7. The van der Waals surface area contributed by atoms with E-state index >= 15 is 0 Å². The SMILES string of the molecule is CCNC(=NCC(O)c1ccc(F)cc1)NC1CCCN(c2cccc(OC)c2)C1.I. The highest BCUT2D eigenvalue weighted by molar-refractivity contribution is 14.0. The van der Waals surface area contributed by atoms with E-state index in [1.165, 1.54) is 12.1 Å². The molecule has 0 amide bonds. The molecule has 0 aromatic heterocycles. The van der Waals surface area contributed by atoms with E-state index in [1.54, 1.807) is 19.2 Å². The fourth-order valence-corrected chi connectivity index (χ4v) is 3.62. The molecule has 2 aromatic rings. The van der Waals surface area contributed by atoms with Gasteiger partial charge < -0.3 is 25.4 Å². The fraction of sp³-hybridized carbons (Fsp3) is 0.435. The Morgan fingerprint density at radius 3 is 2.77 bits per heavy atom. The van der Waals surface area contributed by atoms with Crippen LogP contribution in [0.3, 0.4) is 0 Å². The standard InChI is InChI=1S/C23H31FN4O2.HI/c1-3-25-23(26-15-22(29)17-9-11-18(24)12-10-17)27-19-6-5-13-28(16-19)20-7-4-8-21(14-20)30-2;/h4,7-12,14,19,22,29H,3,5-6,13,15-16H2,1-2H3,(H2,25,26,27);1H. The number of piperidine rings is 1. The number of guanidine groups is 1. The Kier molecular flexibility index (Phi) is 10.3. The summed E-state index contributed by atoms with van der Waals surface area (Å²) in [7, 11) is 1.68. The van der Waals surface area contributed by atoms with Gasteiger partial charge in [-0.3, -0.25) is 4.99 Å². The van der Waals surface area contributed by atoms with Gasteiger partial charge in [-0.1, -0.05) is 18.2 Å². The van der Waals surface area contributed by atoms with Crippen LogP contribution in [0.2, 0.25) is 0 Å². The molecule has 1 aliphatic heterocycles. The second-order valence-electron chi connectivity index (χ2n) is 7.42. The minimum atomic E-state index is -0.777. The van der Waals surface area contributed by atoms with Crippen LogP contribution in [-0.2, 0) is 0 Å². The first-order chi connectivity index (χ1) is 14.6. The second kappa shape index (κ2) is 12.7. The lowest BCUT2D eigenvalue weighted by molar-refractivity contribution is 0.187. The van der Waals surface area contributed by atoms with Crippen molar-refractivity contribution in [1.29, 1.82) is 0 Å². The van der Waals surface area contributed by atoms with Crippen LogP contribution in [0.4, 0.5) is 10.1 Å². The molecule has 1 heterocycles. The number of hydrogen-bond acceptors (Lipinski definition) is 4. The lowest BCUT2D eigenvalue weighted by Crippen LogP contribution is -2.51. The summed E-state index contributed by atoms with van der Waals surface area (Å²) in [4.78, 5) is 6.89. The summed E-state index contributed by atoms with van der Waals surface area (Å²) < 4.78 is 18.4. The number of aliphatic hydroxyl groups is 1. The summed E-state index contributed by atoms with van der Waals surface area (Å²) in [6.45, 7) is 4.80. The quantitative estimate of drug-likeness (QED) is 0.283. The van der Waals surface area contributed by atoms with Gasteiger partial charge in [0.1, 0.15) is 11.6 Å². The fourth-order valence-electron chi connectivity index (χ4n) is 3.62. The number of nitrogens with zero attached hydrogens (tertiary/aromatic N) is 2. The van der Waals surface area contributed by atoms with Crippen molar-refractivity contribution in [3.63, 3.8) is 0 Å². The number of methoxy groups -OCH3 is 1. The van der Waals surface area contributed by atoms with Crippen LogP contribution < -0.4 is 20.3 Å². The smallest absolute Gasteiger partial charge is 0.191 e. The summed E-state index contributed by atoms with van der Waals surface area (Å²) in [6, 6.07) is 14.2. The number of aliphatic hydroxyl groups excluding tert-OH is 1. The van der Waals surface area contributed by atoms with E-state index in [4.69, 9.17) is 4.74 Å². The Labute approximate surface area is 200 Å². The number of benzene rings is 2. The second-order valence-corrected chi connectivity index (χ2v) is 7.42. The molecule has 0 spiro atoms. The number of halogens is 2. The molecule has 0 bridgehead atoms. The molecule has 31 heavy (non-hydrogen) atoms. The van der Waals surface area contributed by atoms with Crippen molar-refractivity contribution in [3.05, 3.63) is 59.9 Å². The lowest BCUT2D eigenvalue weighted by atomic mass is 10.0. The first kappa shape index (κ1) is 25.2. The summed E-state index contributed by atoms with van der Waals surface area (Å²) in [5.41, 5.74) is 1.80. The van der Waals surface area contributed by atoms with E-state index in [0.29, 0.717) is 11.5 Å². The Balaban J connectivity index is 0.00000341. The maximum atomic E-state index is 13.1. The average molecular weight is 542 g/mol. The maximum absolute atomic E-state index is 13.1. The van der Waals surface area contributed by atoms with Crippen LogP contribution in [0.1, 0.15) is 31.4 Å². The van der Waals surface area contributed by atoms with Crippen molar-refractivity contribution in [2.45, 2.75) is 31.9 Å². The van der Waals surface area contributed by atoms with Crippen molar-refractivity contribution in [2.24, 2.45) is 4.99 Å². The van der Waals surface area contributed by atoms with Gasteiger partial charge in [0.15, 0.2) is 5.96 Å². The minimum absolute atomic E-state index is 0. The van der Waals surface area contributed by atoms with E-state index < -0.39 is 6.10 Å². The van der Waals surface area contributed by atoms with Crippen LogP contribution in [0.25, 0.3) is 0 Å². The third-order valence-electron chi connectivity index (χ3n) is 5.20. The summed E-state index contributed by atoms with van der Waals surface area (Å²) >= 11 is 0. The molecule has 2 atom stereocenters. The Morgan fingerprint density at radius 2 is 2.06 bits per heavy atom. The zero-order chi connectivity index (χ0) is 21.3. The third kappa shape index (κ3) is 7.53. The summed E-state index contributed by atoms with van der Waals surface area (Å²) in [5.74, 6) is 1.21. The molecule has 0 radical (unpaired) electrons. The van der Waals surface area contributed by atoms with Gasteiger partial charge in [0.25, 0.3) is 0 Å². The number of nitrogens with one attached hydrogen (secondary N) is 2. The van der Waals surface area contributed by atoms with E-state index in [2.05, 4.69) is 32.7 Å². The highest BCUT2D eigenvalue weighted by Gasteiger charge is 2.21. The molecular formula is C23H32FIN4O2. The minimum Gasteiger partial charge on any atom is -0.497 e. The lowest BCUT2D eigenvalue weighted by Gasteiger charge is -2.35. The van der Waals surface area contributed by atoms with Gasteiger partial charge in [-0.15, -0.1) is 24.0 Å². The molecule has 3 N–H and O–H groups in total. The van der Waals surface area contributed by atoms with Crippen LogP contribution >= 0.6 is 24.0 Å². The number of ether oxygens (including phenoxy) is 1. The van der Waals surface area contributed by atoms with Crippen molar-refractivity contribution in [1.82, 2.24) is 10.6 Å². The van der Waals surface area contributed by atoms with E-state index in [-0.39, 0.29) is 42.4 Å². The predicted octanol–water partition coefficient (Wildman–Crippen LogP) is 3.71. The zero-order valence-corrected chi connectivity index (χ0v) is 20.4. The van der Waals surface area contributed by atoms with Crippen LogP contribution in [0.5, 0.6) is 5.75 Å². The topological polar surface area (TPSA) is 69.1 Å². The first-order valence-electron chi connectivity index (χ1n) is 10.5. The van der Waals surface area contributed by atoms with Gasteiger partial charge in [-0.2, -0.15) is 0 Å². The number of anilines is 1. The molecule has 1 fully saturated rings. The van der Waals surface area contributed by atoms with Gasteiger partial charge in [-0.05, 0) is 49.6 Å². The molecule has 6 nitrogen and oxygen atoms in total. The van der Waals surface area contributed by atoms with E-state index in [0.717, 1.165) is 43.9 Å². The molecule has 2 aromatic carbocycles. The predicted molar refractivity (Wildman–Crippen MR) is 134 cm³/mol. The van der Waals surface area contributed by atoms with Gasteiger partial charge in [0, 0.05) is 37.4 Å². The summed E-state index contributed by atoms with van der Waals surface area (Å²) in [6.07, 6.45) is 1.35. The van der Waals surface area contributed by atoms with Crippen molar-refractivity contribution >= 4 is 35.6 Å². The van der Waals surface area contributed by atoms with Gasteiger partial charge in [0.2, 0.25) is 0 Å². The molecule has 0 aliphatic carbocycles. The Hall–Kier alpha value is -2.07. The average Bonchev–Trinajstić information content (AvgIpc) is 2.78. The van der Waals surface area contributed by atoms with Crippen LogP contribution in [-0.4, -0.2) is 50.4 Å². The molecular weight excluding hydrogens is 510 g/mol. The number of aliphatic imine (C=N–C) groups is 1. The number of hydrogen-bond donors (Lipinski definition) is 3. The van der Waals surface area contributed by atoms with Gasteiger partial charge in [0.05, 0.1) is 19.8 Å². The van der Waals surface area contributed by atoms with Crippen molar-refractivity contribution < 1.29 is 14.2 Å². The van der Waals surface area contributed by atoms with E-state index in [9.17, 15) is 9.50 Å². The first-order valence-corrected chi connectivity index (χ1v) is 10.5. The highest BCUT2D eigenvalue weighted by atomic mass is 127. The molecule has 0 saturated carbocycles. The monoisotopic (exact) mass is 542 g/mol. The molecule has 2 unspecified atom stereocenters. The Bertz CT molecular complexity index is 835. The van der Waals surface area contributed by atoms with Gasteiger partial charge in [-0.25, -0.2) is 4.39 Å². The molecule has 1 aliphatic rings. The normalized spacial score (nSPS) is 17.5. The van der Waals surface area contributed by atoms with Crippen molar-refractivity contribution in [2.75, 3.05) is 38.2 Å². The molecule has 3 rings (SSSR count). The largest absolute Gasteiger partial charge is 0.497 e. The van der Waals surface area contributed by atoms with Gasteiger partial charge >= 0.3 is 0 Å². The van der Waals surface area contributed by atoms with Crippen molar-refractivity contribution in [3.8, 4) is 5.75 Å². The summed E-state index contributed by atoms with van der Waals surface area (Å²) in [5, 5.41) is 17.1. The third-order valence-corrected chi connectivity index (χ3v) is 5.20. The Morgan fingerprint density at radius 1 is 1.29 bits per heavy atom. The molecule has 1 saturated heterocycles. The maximum Gasteiger partial charge on any atom is 0.191 e. The highest BCUT2D eigenvalue weighted by Crippen LogP contribution is 2.24.